The summed E-state index contributed by atoms with van der Waals surface area (Å²) in [5, 5.41) is 4.33. The van der Waals surface area contributed by atoms with Crippen LogP contribution in [0.3, 0.4) is 0 Å². The maximum atomic E-state index is 5.14. The summed E-state index contributed by atoms with van der Waals surface area (Å²) < 4.78 is 0. The van der Waals surface area contributed by atoms with Gasteiger partial charge in [0.05, 0.1) is 38.9 Å². The highest BCUT2D eigenvalue weighted by atomic mass is 14.8. The number of aromatic nitrogens is 4. The van der Waals surface area contributed by atoms with Crippen molar-refractivity contribution in [2.75, 3.05) is 0 Å². The monoisotopic (exact) mass is 706 g/mol. The van der Waals surface area contributed by atoms with E-state index in [9.17, 15) is 0 Å². The van der Waals surface area contributed by atoms with Gasteiger partial charge in [0, 0.05) is 45.1 Å². The van der Waals surface area contributed by atoms with Gasteiger partial charge in [-0.05, 0) is 46.5 Å². The predicted octanol–water partition coefficient (Wildman–Crippen LogP) is 12.6. The fourth-order valence-electron chi connectivity index (χ4n) is 7.93. The predicted molar refractivity (Wildman–Crippen MR) is 228 cm³/mol. The highest BCUT2D eigenvalue weighted by Gasteiger charge is 2.38. The molecule has 0 N–H and O–H groups in total. The van der Waals surface area contributed by atoms with E-state index in [0.717, 1.165) is 66.1 Å². The van der Waals surface area contributed by atoms with Crippen molar-refractivity contribution in [1.29, 1.82) is 0 Å². The van der Waals surface area contributed by atoms with Gasteiger partial charge in [-0.3, -0.25) is 9.97 Å². The summed E-state index contributed by atoms with van der Waals surface area (Å²) in [5.41, 5.74) is 11.7. The molecule has 0 amide bonds. The van der Waals surface area contributed by atoms with Crippen LogP contribution in [0.15, 0.2) is 194 Å². The molecular weight excluding hydrogens is 669 g/mol. The van der Waals surface area contributed by atoms with E-state index in [1.165, 1.54) is 22.3 Å². The Hall–Kier alpha value is -7.04. The van der Waals surface area contributed by atoms with Crippen LogP contribution < -0.4 is 0 Å². The summed E-state index contributed by atoms with van der Waals surface area (Å²) in [7, 11) is 0. The summed E-state index contributed by atoms with van der Waals surface area (Å²) in [5.74, 6) is 0. The zero-order chi connectivity index (χ0) is 37.2. The van der Waals surface area contributed by atoms with E-state index >= 15 is 0 Å². The molecule has 0 spiro atoms. The van der Waals surface area contributed by atoms with E-state index in [4.69, 9.17) is 9.97 Å². The fraction of sp³-hybridized carbons (Fsp3) is 0.0588. The Balaban J connectivity index is 0.00000195. The van der Waals surface area contributed by atoms with Crippen molar-refractivity contribution in [2.45, 2.75) is 19.3 Å². The average Bonchev–Trinajstić information content (AvgIpc) is 3.28. The summed E-state index contributed by atoms with van der Waals surface area (Å²) in [4.78, 5) is 19.6. The molecule has 0 saturated heterocycles. The van der Waals surface area contributed by atoms with Gasteiger partial charge in [0.25, 0.3) is 0 Å². The Morgan fingerprint density at radius 1 is 0.309 bits per heavy atom. The first-order valence-corrected chi connectivity index (χ1v) is 18.9. The number of rotatable bonds is 6. The molecule has 6 aromatic carbocycles. The number of fused-ring (bicyclic) bond motifs is 6. The second kappa shape index (κ2) is 14.4. The minimum atomic E-state index is -0.590. The van der Waals surface area contributed by atoms with Crippen LogP contribution in [0, 0.1) is 0 Å². The van der Waals surface area contributed by atoms with Crippen LogP contribution in [0.4, 0.5) is 0 Å². The minimum Gasteiger partial charge on any atom is -0.254 e. The Morgan fingerprint density at radius 2 is 0.655 bits per heavy atom. The van der Waals surface area contributed by atoms with Gasteiger partial charge < -0.3 is 0 Å². The number of benzene rings is 6. The number of nitrogens with zero attached hydrogens (tertiary/aromatic N) is 4. The lowest BCUT2D eigenvalue weighted by Crippen LogP contribution is -2.31. The zero-order valence-electron chi connectivity index (χ0n) is 30.8. The standard InChI is InChI=1S/C49H32N4.C2H6/c1-3-11-39(12-4-1)49(40-13-5-2-6-14-40,41-25-19-33(20-26-41)43-29-23-37-17-15-35-9-7-31-50-45(35)47(37)52-43)42-27-21-34(22-28-42)44-30-24-38-18-16-36-10-8-32-51-46(36)48(38)53-44;1-2/h1-32H;1-2H3. The highest BCUT2D eigenvalue weighted by Crippen LogP contribution is 2.46. The van der Waals surface area contributed by atoms with Crippen LogP contribution in [0.2, 0.25) is 0 Å². The van der Waals surface area contributed by atoms with Crippen molar-refractivity contribution in [2.24, 2.45) is 0 Å². The molecule has 4 heterocycles. The van der Waals surface area contributed by atoms with Crippen molar-refractivity contribution >= 4 is 43.6 Å². The second-order valence-electron chi connectivity index (χ2n) is 13.5. The van der Waals surface area contributed by atoms with Gasteiger partial charge in [0.1, 0.15) is 0 Å². The van der Waals surface area contributed by atoms with E-state index < -0.39 is 5.41 Å². The zero-order valence-corrected chi connectivity index (χ0v) is 30.8. The van der Waals surface area contributed by atoms with Crippen molar-refractivity contribution in [3.05, 3.63) is 217 Å². The fourth-order valence-corrected chi connectivity index (χ4v) is 7.93. The Bertz CT molecular complexity index is 2720. The second-order valence-corrected chi connectivity index (χ2v) is 13.5. The number of hydrogen-bond acceptors (Lipinski definition) is 4. The van der Waals surface area contributed by atoms with Gasteiger partial charge in [0.15, 0.2) is 0 Å². The normalized spacial score (nSPS) is 11.5. The van der Waals surface area contributed by atoms with E-state index in [0.29, 0.717) is 0 Å². The first-order valence-electron chi connectivity index (χ1n) is 18.9. The van der Waals surface area contributed by atoms with Gasteiger partial charge in [-0.25, -0.2) is 9.97 Å². The lowest BCUT2D eigenvalue weighted by atomic mass is 9.65. The molecule has 0 atom stereocenters. The lowest BCUT2D eigenvalue weighted by molar-refractivity contribution is 0.745. The third-order valence-electron chi connectivity index (χ3n) is 10.5. The third-order valence-corrected chi connectivity index (χ3v) is 10.5. The van der Waals surface area contributed by atoms with Gasteiger partial charge in [-0.2, -0.15) is 0 Å². The molecule has 0 radical (unpaired) electrons. The van der Waals surface area contributed by atoms with Crippen molar-refractivity contribution in [3.63, 3.8) is 0 Å². The number of hydrogen-bond donors (Lipinski definition) is 0. The van der Waals surface area contributed by atoms with Crippen molar-refractivity contribution in [3.8, 4) is 22.5 Å². The summed E-state index contributed by atoms with van der Waals surface area (Å²) in [6.07, 6.45) is 3.67. The molecule has 0 aliphatic carbocycles. The molecule has 55 heavy (non-hydrogen) atoms. The highest BCUT2D eigenvalue weighted by molar-refractivity contribution is 6.04. The minimum absolute atomic E-state index is 0.590. The topological polar surface area (TPSA) is 51.6 Å². The SMILES string of the molecule is CC.c1ccc(C(c2ccccc2)(c2ccc(-c3ccc4ccc5cccnc5c4n3)cc2)c2ccc(-c3ccc4ccc5cccnc5c4n3)cc2)cc1. The molecule has 10 aromatic rings. The third kappa shape index (κ3) is 5.89. The molecule has 0 saturated carbocycles. The molecule has 0 bridgehead atoms. The molecule has 4 heteroatoms. The molecule has 4 aromatic heterocycles. The Morgan fingerprint density at radius 3 is 1.05 bits per heavy atom. The van der Waals surface area contributed by atoms with E-state index in [1.807, 2.05) is 38.4 Å². The Labute approximate surface area is 320 Å². The van der Waals surface area contributed by atoms with Crippen LogP contribution >= 0.6 is 0 Å². The molecule has 0 aliphatic heterocycles. The Kier molecular flexibility index (Phi) is 8.85. The van der Waals surface area contributed by atoms with Gasteiger partial charge in [-0.15, -0.1) is 0 Å². The van der Waals surface area contributed by atoms with E-state index in [2.05, 4.69) is 180 Å². The maximum absolute atomic E-state index is 5.14. The first kappa shape index (κ1) is 33.8. The average molecular weight is 707 g/mol. The first-order chi connectivity index (χ1) is 27.3. The number of pyridine rings is 4. The van der Waals surface area contributed by atoms with E-state index in [-0.39, 0.29) is 0 Å². The van der Waals surface area contributed by atoms with Crippen molar-refractivity contribution in [1.82, 2.24) is 19.9 Å². The van der Waals surface area contributed by atoms with Crippen LogP contribution in [0.5, 0.6) is 0 Å². The van der Waals surface area contributed by atoms with Gasteiger partial charge >= 0.3 is 0 Å². The van der Waals surface area contributed by atoms with Crippen LogP contribution in [0.1, 0.15) is 36.1 Å². The largest absolute Gasteiger partial charge is 0.254 e. The summed E-state index contributed by atoms with van der Waals surface area (Å²) in [6, 6.07) is 64.5. The van der Waals surface area contributed by atoms with Crippen molar-refractivity contribution < 1.29 is 0 Å². The molecule has 10 rings (SSSR count). The maximum Gasteiger partial charge on any atom is 0.0972 e. The van der Waals surface area contributed by atoms with Crippen LogP contribution in [-0.2, 0) is 5.41 Å². The van der Waals surface area contributed by atoms with Crippen LogP contribution in [-0.4, -0.2) is 19.9 Å². The molecule has 0 aliphatic rings. The summed E-state index contributed by atoms with van der Waals surface area (Å²) in [6.45, 7) is 4.00. The smallest absolute Gasteiger partial charge is 0.0972 e. The van der Waals surface area contributed by atoms with Gasteiger partial charge in [-0.1, -0.05) is 172 Å². The molecule has 0 fully saturated rings. The lowest BCUT2D eigenvalue weighted by Gasteiger charge is -2.37. The van der Waals surface area contributed by atoms with E-state index in [1.54, 1.807) is 0 Å². The van der Waals surface area contributed by atoms with Gasteiger partial charge in [0.2, 0.25) is 0 Å². The quantitative estimate of drug-likeness (QED) is 0.128. The summed E-state index contributed by atoms with van der Waals surface area (Å²) >= 11 is 0. The molecule has 0 unspecified atom stereocenters. The van der Waals surface area contributed by atoms with Crippen LogP contribution in [0.25, 0.3) is 66.1 Å². The molecule has 262 valence electrons. The molecule has 4 nitrogen and oxygen atoms in total. The molecular formula is C51H38N4.